The van der Waals surface area contributed by atoms with Gasteiger partial charge in [-0.05, 0) is 49.4 Å². The Hall–Kier alpha value is -2.96. The first kappa shape index (κ1) is 21.3. The molecule has 0 bridgehead atoms. The van der Waals surface area contributed by atoms with Gasteiger partial charge in [-0.3, -0.25) is 0 Å². The summed E-state index contributed by atoms with van der Waals surface area (Å²) in [6.07, 6.45) is 5.32. The predicted molar refractivity (Wildman–Crippen MR) is 125 cm³/mol. The van der Waals surface area contributed by atoms with E-state index < -0.39 is 0 Å². The zero-order chi connectivity index (χ0) is 21.5. The molecule has 0 aliphatic carbocycles. The van der Waals surface area contributed by atoms with E-state index in [9.17, 15) is 0 Å². The third-order valence-corrected chi connectivity index (χ3v) is 5.69. The number of nitrogens with zero attached hydrogens (tertiary/aromatic N) is 3. The first-order valence-electron chi connectivity index (χ1n) is 11.4. The maximum atomic E-state index is 5.79. The molecule has 1 aromatic carbocycles. The normalized spacial score (nSPS) is 17.2. The van der Waals surface area contributed by atoms with Gasteiger partial charge in [-0.1, -0.05) is 13.0 Å². The second-order valence-corrected chi connectivity index (χ2v) is 8.23. The molecule has 166 valence electrons. The fraction of sp³-hybridized carbons (Fsp3) is 0.500. The summed E-state index contributed by atoms with van der Waals surface area (Å²) in [4.78, 5) is 11.8. The summed E-state index contributed by atoms with van der Waals surface area (Å²) in [5.41, 5.74) is 2.00. The van der Waals surface area contributed by atoms with Crippen molar-refractivity contribution in [3.63, 3.8) is 0 Å². The Morgan fingerprint density at radius 3 is 2.68 bits per heavy atom. The van der Waals surface area contributed by atoms with E-state index in [-0.39, 0.29) is 0 Å². The standard InChI is InChI=1S/C24H33N5O2/c1-3-25-24(28-20-6-7-21-22(15-20)31-14-4-13-30-21)27-17-19-5-8-23(26-16-19)29-11-9-18(2)10-12-29/h5-8,15-16,18H,3-4,9-14,17H2,1-2H3,(H2,25,27,28). The highest BCUT2D eigenvalue weighted by Crippen LogP contribution is 2.32. The molecule has 31 heavy (non-hydrogen) atoms. The Morgan fingerprint density at radius 2 is 1.94 bits per heavy atom. The molecule has 7 heteroatoms. The summed E-state index contributed by atoms with van der Waals surface area (Å²) >= 11 is 0. The van der Waals surface area contributed by atoms with Crippen LogP contribution in [0.2, 0.25) is 0 Å². The quantitative estimate of drug-likeness (QED) is 0.558. The van der Waals surface area contributed by atoms with Gasteiger partial charge in [0.25, 0.3) is 0 Å². The number of aromatic nitrogens is 1. The van der Waals surface area contributed by atoms with E-state index >= 15 is 0 Å². The van der Waals surface area contributed by atoms with Crippen LogP contribution in [-0.4, -0.2) is 43.8 Å². The third-order valence-electron chi connectivity index (χ3n) is 5.69. The van der Waals surface area contributed by atoms with Crippen molar-refractivity contribution < 1.29 is 9.47 Å². The topological polar surface area (TPSA) is 71.0 Å². The van der Waals surface area contributed by atoms with E-state index in [1.165, 1.54) is 12.8 Å². The fourth-order valence-corrected chi connectivity index (χ4v) is 3.79. The smallest absolute Gasteiger partial charge is 0.196 e. The number of guanidine groups is 1. The Balaban J connectivity index is 1.39. The maximum Gasteiger partial charge on any atom is 0.196 e. The zero-order valence-corrected chi connectivity index (χ0v) is 18.6. The van der Waals surface area contributed by atoms with E-state index in [1.54, 1.807) is 0 Å². The Morgan fingerprint density at radius 1 is 1.13 bits per heavy atom. The monoisotopic (exact) mass is 423 g/mol. The van der Waals surface area contributed by atoms with Crippen LogP contribution in [0.1, 0.15) is 38.7 Å². The lowest BCUT2D eigenvalue weighted by molar-refractivity contribution is 0.297. The second kappa shape index (κ2) is 10.4. The summed E-state index contributed by atoms with van der Waals surface area (Å²) in [5, 5.41) is 6.66. The lowest BCUT2D eigenvalue weighted by Gasteiger charge is -2.31. The summed E-state index contributed by atoms with van der Waals surface area (Å²) in [7, 11) is 0. The van der Waals surface area contributed by atoms with Gasteiger partial charge in [-0.2, -0.15) is 0 Å². The molecule has 2 aromatic rings. The van der Waals surface area contributed by atoms with Crippen molar-refractivity contribution in [3.8, 4) is 11.5 Å². The molecule has 4 rings (SSSR count). The molecule has 0 spiro atoms. The number of hydrogen-bond donors (Lipinski definition) is 2. The van der Waals surface area contributed by atoms with Gasteiger partial charge in [0, 0.05) is 44.0 Å². The van der Waals surface area contributed by atoms with Crippen LogP contribution in [0.5, 0.6) is 11.5 Å². The number of rotatable bonds is 5. The number of anilines is 2. The van der Waals surface area contributed by atoms with Crippen molar-refractivity contribution in [3.05, 3.63) is 42.1 Å². The number of pyridine rings is 1. The molecule has 0 amide bonds. The number of piperidine rings is 1. The average Bonchev–Trinajstić information content (AvgIpc) is 3.04. The first-order chi connectivity index (χ1) is 15.2. The molecule has 0 radical (unpaired) electrons. The summed E-state index contributed by atoms with van der Waals surface area (Å²) in [5.74, 6) is 4.17. The molecule has 1 saturated heterocycles. The van der Waals surface area contributed by atoms with Gasteiger partial charge < -0.3 is 25.0 Å². The molecule has 1 aromatic heterocycles. The molecule has 3 heterocycles. The van der Waals surface area contributed by atoms with Crippen LogP contribution in [0.25, 0.3) is 0 Å². The van der Waals surface area contributed by atoms with E-state index in [1.807, 2.05) is 24.4 Å². The second-order valence-electron chi connectivity index (χ2n) is 8.23. The largest absolute Gasteiger partial charge is 0.490 e. The lowest BCUT2D eigenvalue weighted by Crippen LogP contribution is -2.33. The number of nitrogens with one attached hydrogen (secondary N) is 2. The molecule has 0 atom stereocenters. The van der Waals surface area contributed by atoms with Crippen LogP contribution >= 0.6 is 0 Å². The minimum absolute atomic E-state index is 0.560. The Kier molecular flexibility index (Phi) is 7.12. The van der Waals surface area contributed by atoms with Crippen molar-refractivity contribution in [1.29, 1.82) is 0 Å². The van der Waals surface area contributed by atoms with Crippen LogP contribution in [0, 0.1) is 5.92 Å². The molecular formula is C24H33N5O2. The average molecular weight is 424 g/mol. The maximum absolute atomic E-state index is 5.79. The molecule has 0 unspecified atom stereocenters. The highest BCUT2D eigenvalue weighted by molar-refractivity contribution is 5.93. The predicted octanol–water partition coefficient (Wildman–Crippen LogP) is 4.06. The number of fused-ring (bicyclic) bond motifs is 1. The molecule has 2 aliphatic heterocycles. The summed E-state index contributed by atoms with van der Waals surface area (Å²) in [6, 6.07) is 10.1. The van der Waals surface area contributed by atoms with Gasteiger partial charge in [0.15, 0.2) is 17.5 Å². The van der Waals surface area contributed by atoms with Gasteiger partial charge >= 0.3 is 0 Å². The van der Waals surface area contributed by atoms with E-state index in [2.05, 4.69) is 46.5 Å². The highest BCUT2D eigenvalue weighted by Gasteiger charge is 2.16. The highest BCUT2D eigenvalue weighted by atomic mass is 16.5. The molecule has 2 N–H and O–H groups in total. The molecule has 7 nitrogen and oxygen atoms in total. The van der Waals surface area contributed by atoms with Crippen molar-refractivity contribution in [2.75, 3.05) is 43.1 Å². The van der Waals surface area contributed by atoms with Crippen molar-refractivity contribution >= 4 is 17.5 Å². The summed E-state index contributed by atoms with van der Waals surface area (Å²) in [6.45, 7) is 9.27. The zero-order valence-electron chi connectivity index (χ0n) is 18.6. The number of ether oxygens (including phenoxy) is 2. The van der Waals surface area contributed by atoms with E-state index in [4.69, 9.17) is 14.5 Å². The van der Waals surface area contributed by atoms with Crippen LogP contribution in [0.4, 0.5) is 11.5 Å². The lowest BCUT2D eigenvalue weighted by atomic mass is 9.99. The van der Waals surface area contributed by atoms with Gasteiger partial charge in [-0.25, -0.2) is 9.98 Å². The van der Waals surface area contributed by atoms with Crippen LogP contribution in [0.3, 0.4) is 0 Å². The molecule has 1 fully saturated rings. The number of aliphatic imine (C=N–C) groups is 1. The molecule has 0 saturated carbocycles. The first-order valence-corrected chi connectivity index (χ1v) is 11.4. The molecular weight excluding hydrogens is 390 g/mol. The molecule has 2 aliphatic rings. The van der Waals surface area contributed by atoms with E-state index in [0.717, 1.165) is 66.5 Å². The van der Waals surface area contributed by atoms with Gasteiger partial charge in [-0.15, -0.1) is 0 Å². The Labute approximate surface area is 184 Å². The Bertz CT molecular complexity index is 876. The number of hydrogen-bond acceptors (Lipinski definition) is 5. The van der Waals surface area contributed by atoms with E-state index in [0.29, 0.717) is 19.8 Å². The van der Waals surface area contributed by atoms with Crippen LogP contribution in [-0.2, 0) is 6.54 Å². The van der Waals surface area contributed by atoms with Gasteiger partial charge in [0.1, 0.15) is 5.82 Å². The SMILES string of the molecule is CCNC(=NCc1ccc(N2CCC(C)CC2)nc1)Nc1ccc2c(c1)OCCCO2. The van der Waals surface area contributed by atoms with Crippen molar-refractivity contribution in [1.82, 2.24) is 10.3 Å². The van der Waals surface area contributed by atoms with Crippen molar-refractivity contribution in [2.45, 2.75) is 39.7 Å². The minimum atomic E-state index is 0.560. The van der Waals surface area contributed by atoms with Crippen LogP contribution < -0.4 is 25.0 Å². The fourth-order valence-electron chi connectivity index (χ4n) is 3.79. The summed E-state index contributed by atoms with van der Waals surface area (Å²) < 4.78 is 11.5. The van der Waals surface area contributed by atoms with Crippen molar-refractivity contribution in [2.24, 2.45) is 10.9 Å². The van der Waals surface area contributed by atoms with Gasteiger partial charge in [0.05, 0.1) is 19.8 Å². The third kappa shape index (κ3) is 5.81. The van der Waals surface area contributed by atoms with Gasteiger partial charge in [0.2, 0.25) is 0 Å². The number of benzene rings is 1. The minimum Gasteiger partial charge on any atom is -0.490 e. The van der Waals surface area contributed by atoms with Crippen LogP contribution in [0.15, 0.2) is 41.5 Å².